The molecule has 8 aromatic rings. The van der Waals surface area contributed by atoms with Gasteiger partial charge in [-0.3, -0.25) is 0 Å². The fourth-order valence-electron chi connectivity index (χ4n) is 6.68. The lowest BCUT2D eigenvalue weighted by Crippen LogP contribution is -2.33. The first-order valence-electron chi connectivity index (χ1n) is 15.4. The molecular formula is C41H27ClN4. The van der Waals surface area contributed by atoms with E-state index in [1.807, 2.05) is 42.5 Å². The monoisotopic (exact) mass is 610 g/mol. The van der Waals surface area contributed by atoms with Crippen LogP contribution in [-0.2, 0) is 0 Å². The van der Waals surface area contributed by atoms with E-state index >= 15 is 0 Å². The highest BCUT2D eigenvalue weighted by atomic mass is 35.5. The summed E-state index contributed by atoms with van der Waals surface area (Å²) < 4.78 is 2.34. The lowest BCUT2D eigenvalue weighted by Gasteiger charge is -2.25. The van der Waals surface area contributed by atoms with Crippen LogP contribution in [0.4, 0.5) is 0 Å². The molecule has 1 aliphatic heterocycles. The summed E-state index contributed by atoms with van der Waals surface area (Å²) >= 11 is 6.65. The Kier molecular flexibility index (Phi) is 6.22. The molecule has 0 aliphatic carbocycles. The number of fused-ring (bicyclic) bond motifs is 5. The van der Waals surface area contributed by atoms with E-state index in [9.17, 15) is 0 Å². The second-order valence-electron chi connectivity index (χ2n) is 11.7. The van der Waals surface area contributed by atoms with Crippen molar-refractivity contribution in [3.05, 3.63) is 173 Å². The smallest absolute Gasteiger partial charge is 0.159 e. The van der Waals surface area contributed by atoms with Crippen LogP contribution in [-0.4, -0.2) is 16.2 Å². The Labute approximate surface area is 270 Å². The van der Waals surface area contributed by atoms with Gasteiger partial charge in [-0.25, -0.2) is 9.98 Å². The molecule has 1 aromatic heterocycles. The molecule has 218 valence electrons. The number of hydrogen-bond donors (Lipinski definition) is 1. The van der Waals surface area contributed by atoms with Gasteiger partial charge in [-0.2, -0.15) is 0 Å². The van der Waals surface area contributed by atoms with Crippen LogP contribution in [0.15, 0.2) is 162 Å². The Bertz CT molecular complexity index is 2510. The second kappa shape index (κ2) is 10.7. The molecule has 1 atom stereocenters. The molecule has 5 heteroatoms. The third kappa shape index (κ3) is 4.46. The molecule has 0 bridgehead atoms. The molecule has 0 amide bonds. The van der Waals surface area contributed by atoms with E-state index in [1.165, 1.54) is 16.2 Å². The van der Waals surface area contributed by atoms with Crippen molar-refractivity contribution in [2.75, 3.05) is 0 Å². The van der Waals surface area contributed by atoms with Gasteiger partial charge in [-0.1, -0.05) is 127 Å². The van der Waals surface area contributed by atoms with Crippen LogP contribution in [0.2, 0.25) is 5.02 Å². The number of benzene rings is 7. The van der Waals surface area contributed by atoms with E-state index < -0.39 is 0 Å². The molecule has 1 unspecified atom stereocenters. The minimum absolute atomic E-state index is 0.287. The second-order valence-corrected chi connectivity index (χ2v) is 12.1. The minimum atomic E-state index is -0.287. The summed E-state index contributed by atoms with van der Waals surface area (Å²) in [5, 5.41) is 11.4. The van der Waals surface area contributed by atoms with E-state index in [0.717, 1.165) is 55.4 Å². The highest BCUT2D eigenvalue weighted by molar-refractivity contribution is 6.31. The standard InChI is InChI=1S/C41H27ClN4/c42-31-19-20-34-35-22-28-15-7-8-16-29(28)23-37(35)46(38(34)24-31)32-21-30-17-9-10-18-33(30)36(25-32)41-44-39(26-11-3-1-4-12-26)43-40(45-41)27-13-5-2-6-14-27/h1-25,39H,(H,43,44,45). The molecule has 0 saturated heterocycles. The summed E-state index contributed by atoms with van der Waals surface area (Å²) in [6.45, 7) is 0. The molecule has 9 rings (SSSR count). The molecule has 0 spiro atoms. The highest BCUT2D eigenvalue weighted by Gasteiger charge is 2.23. The number of aliphatic imine (C=N–C) groups is 2. The molecule has 4 nitrogen and oxygen atoms in total. The van der Waals surface area contributed by atoms with Crippen molar-refractivity contribution in [3.63, 3.8) is 0 Å². The van der Waals surface area contributed by atoms with E-state index in [2.05, 4.69) is 119 Å². The van der Waals surface area contributed by atoms with Crippen LogP contribution < -0.4 is 5.32 Å². The van der Waals surface area contributed by atoms with Crippen molar-refractivity contribution in [2.24, 2.45) is 9.98 Å². The quantitative estimate of drug-likeness (QED) is 0.212. The zero-order valence-corrected chi connectivity index (χ0v) is 25.5. The normalized spacial score (nSPS) is 14.8. The van der Waals surface area contributed by atoms with Crippen LogP contribution in [0.5, 0.6) is 0 Å². The minimum Gasteiger partial charge on any atom is -0.344 e. The van der Waals surface area contributed by atoms with Crippen LogP contribution in [0.25, 0.3) is 49.0 Å². The lowest BCUT2D eigenvalue weighted by molar-refractivity contribution is 0.674. The Morgan fingerprint density at radius 2 is 1.24 bits per heavy atom. The van der Waals surface area contributed by atoms with Crippen molar-refractivity contribution in [1.29, 1.82) is 0 Å². The fourth-order valence-corrected chi connectivity index (χ4v) is 6.85. The van der Waals surface area contributed by atoms with Gasteiger partial charge in [-0.05, 0) is 63.5 Å². The van der Waals surface area contributed by atoms with E-state index in [0.29, 0.717) is 10.9 Å². The average molecular weight is 611 g/mol. The van der Waals surface area contributed by atoms with Gasteiger partial charge >= 0.3 is 0 Å². The predicted octanol–water partition coefficient (Wildman–Crippen LogP) is 10.2. The lowest BCUT2D eigenvalue weighted by atomic mass is 10.0. The number of halogens is 1. The van der Waals surface area contributed by atoms with Gasteiger partial charge in [0.05, 0.1) is 11.0 Å². The maximum Gasteiger partial charge on any atom is 0.159 e. The van der Waals surface area contributed by atoms with Crippen LogP contribution in [0, 0.1) is 0 Å². The number of rotatable bonds is 4. The summed E-state index contributed by atoms with van der Waals surface area (Å²) in [6.07, 6.45) is -0.287. The molecule has 46 heavy (non-hydrogen) atoms. The molecular weight excluding hydrogens is 584 g/mol. The number of amidine groups is 2. The Balaban J connectivity index is 1.31. The third-order valence-corrected chi connectivity index (χ3v) is 9.08. The number of nitrogens with zero attached hydrogens (tertiary/aromatic N) is 3. The number of hydrogen-bond acceptors (Lipinski definition) is 3. The molecule has 1 aliphatic rings. The zero-order valence-electron chi connectivity index (χ0n) is 24.7. The van der Waals surface area contributed by atoms with Gasteiger partial charge in [-0.15, -0.1) is 0 Å². The van der Waals surface area contributed by atoms with Gasteiger partial charge < -0.3 is 9.88 Å². The third-order valence-electron chi connectivity index (χ3n) is 8.85. The maximum atomic E-state index is 6.65. The summed E-state index contributed by atoms with van der Waals surface area (Å²) in [7, 11) is 0. The van der Waals surface area contributed by atoms with Crippen LogP contribution in [0.1, 0.15) is 22.9 Å². The van der Waals surface area contributed by atoms with Gasteiger partial charge in [0, 0.05) is 32.6 Å². The topological polar surface area (TPSA) is 41.7 Å². The van der Waals surface area contributed by atoms with Crippen molar-refractivity contribution in [1.82, 2.24) is 9.88 Å². The first kappa shape index (κ1) is 26.7. The van der Waals surface area contributed by atoms with Crippen molar-refractivity contribution < 1.29 is 0 Å². The van der Waals surface area contributed by atoms with Gasteiger partial charge in [0.1, 0.15) is 12.0 Å². The van der Waals surface area contributed by atoms with Gasteiger partial charge in [0.2, 0.25) is 0 Å². The SMILES string of the molecule is Clc1ccc2c3cc4ccccc4cc3n(-c3cc(C4=NC(c5ccccc5)=NC(c5ccccc5)N4)c4ccccc4c3)c2c1. The predicted molar refractivity (Wildman–Crippen MR) is 193 cm³/mol. The summed E-state index contributed by atoms with van der Waals surface area (Å²) in [4.78, 5) is 10.2. The number of nitrogens with one attached hydrogen (secondary N) is 1. The molecule has 0 saturated carbocycles. The Morgan fingerprint density at radius 3 is 2.04 bits per heavy atom. The van der Waals surface area contributed by atoms with Crippen molar-refractivity contribution in [3.8, 4) is 5.69 Å². The molecule has 7 aromatic carbocycles. The van der Waals surface area contributed by atoms with Crippen molar-refractivity contribution in [2.45, 2.75) is 6.17 Å². The largest absolute Gasteiger partial charge is 0.344 e. The first-order valence-corrected chi connectivity index (χ1v) is 15.8. The van der Waals surface area contributed by atoms with E-state index in [1.54, 1.807) is 0 Å². The zero-order chi connectivity index (χ0) is 30.6. The van der Waals surface area contributed by atoms with E-state index in [4.69, 9.17) is 21.6 Å². The van der Waals surface area contributed by atoms with E-state index in [-0.39, 0.29) is 6.17 Å². The Morgan fingerprint density at radius 1 is 0.565 bits per heavy atom. The highest BCUT2D eigenvalue weighted by Crippen LogP contribution is 2.37. The summed E-state index contributed by atoms with van der Waals surface area (Å²) in [6, 6.07) is 52.8. The fraction of sp³-hybridized carbons (Fsp3) is 0.0244. The average Bonchev–Trinajstić information content (AvgIpc) is 3.42. The Hall–Kier alpha value is -5.71. The maximum absolute atomic E-state index is 6.65. The summed E-state index contributed by atoms with van der Waals surface area (Å²) in [5.41, 5.74) is 6.29. The van der Waals surface area contributed by atoms with Crippen LogP contribution in [0.3, 0.4) is 0 Å². The first-order chi connectivity index (χ1) is 22.7. The molecule has 1 N–H and O–H groups in total. The number of aromatic nitrogens is 1. The van der Waals surface area contributed by atoms with Crippen LogP contribution >= 0.6 is 11.6 Å². The molecule has 2 heterocycles. The van der Waals surface area contributed by atoms with Gasteiger partial charge in [0.15, 0.2) is 5.84 Å². The van der Waals surface area contributed by atoms with Gasteiger partial charge in [0.25, 0.3) is 0 Å². The summed E-state index contributed by atoms with van der Waals surface area (Å²) in [5.74, 6) is 1.48. The molecule has 0 fully saturated rings. The molecule has 0 radical (unpaired) electrons. The van der Waals surface area contributed by atoms with Crippen molar-refractivity contribution >= 4 is 66.6 Å².